The summed E-state index contributed by atoms with van der Waals surface area (Å²) in [7, 11) is 2.18. The van der Waals surface area contributed by atoms with E-state index >= 15 is 0 Å². The van der Waals surface area contributed by atoms with Crippen LogP contribution in [0.5, 0.6) is 0 Å². The Kier molecular flexibility index (Phi) is 3.53. The number of piperazine rings is 1. The van der Waals surface area contributed by atoms with Gasteiger partial charge in [0.05, 0.1) is 0 Å². The predicted molar refractivity (Wildman–Crippen MR) is 62.0 cm³/mol. The van der Waals surface area contributed by atoms with Gasteiger partial charge in [0.15, 0.2) is 0 Å². The van der Waals surface area contributed by atoms with E-state index in [0.717, 1.165) is 31.9 Å². The Morgan fingerprint density at radius 1 is 1.53 bits per heavy atom. The lowest BCUT2D eigenvalue weighted by Gasteiger charge is -2.33. The molecule has 1 aliphatic rings. The second-order valence-corrected chi connectivity index (χ2v) is 3.96. The maximum absolute atomic E-state index is 3.99. The molecule has 1 aromatic heterocycles. The van der Waals surface area contributed by atoms with Gasteiger partial charge in [0.2, 0.25) is 0 Å². The van der Waals surface area contributed by atoms with Crippen LogP contribution in [0.15, 0.2) is 24.5 Å². The van der Waals surface area contributed by atoms with Gasteiger partial charge in [0.1, 0.15) is 0 Å². The van der Waals surface area contributed by atoms with Crippen LogP contribution in [-0.2, 0) is 0 Å². The lowest BCUT2D eigenvalue weighted by Crippen LogP contribution is -2.52. The number of hydrogen-bond acceptors (Lipinski definition) is 4. The van der Waals surface area contributed by atoms with E-state index in [1.54, 1.807) is 0 Å². The van der Waals surface area contributed by atoms with Crippen LogP contribution in [0.2, 0.25) is 0 Å². The van der Waals surface area contributed by atoms with Crippen LogP contribution in [0.1, 0.15) is 0 Å². The number of rotatable bonds is 3. The zero-order valence-corrected chi connectivity index (χ0v) is 9.11. The molecule has 4 heteroatoms. The zero-order chi connectivity index (χ0) is 10.5. The number of likely N-dealkylation sites (N-methyl/N-ethyl adjacent to an activating group) is 1. The van der Waals surface area contributed by atoms with E-state index in [2.05, 4.69) is 27.6 Å². The Bertz CT molecular complexity index is 288. The molecule has 2 heterocycles. The fourth-order valence-corrected chi connectivity index (χ4v) is 1.80. The van der Waals surface area contributed by atoms with Crippen molar-refractivity contribution in [3.05, 3.63) is 24.5 Å². The van der Waals surface area contributed by atoms with Gasteiger partial charge < -0.3 is 10.6 Å². The molecule has 1 aliphatic heterocycles. The van der Waals surface area contributed by atoms with Crippen LogP contribution < -0.4 is 10.6 Å². The molecule has 2 N–H and O–H groups in total. The minimum atomic E-state index is 0.576. The van der Waals surface area contributed by atoms with Crippen LogP contribution in [0.4, 0.5) is 5.69 Å². The van der Waals surface area contributed by atoms with E-state index in [0.29, 0.717) is 6.04 Å². The van der Waals surface area contributed by atoms with Crippen molar-refractivity contribution in [3.63, 3.8) is 0 Å². The maximum atomic E-state index is 3.99. The molecule has 0 saturated carbocycles. The number of nitrogens with one attached hydrogen (secondary N) is 2. The van der Waals surface area contributed by atoms with Crippen LogP contribution in [-0.4, -0.2) is 49.2 Å². The Morgan fingerprint density at radius 2 is 2.33 bits per heavy atom. The van der Waals surface area contributed by atoms with Crippen molar-refractivity contribution in [2.75, 3.05) is 38.5 Å². The number of aromatic nitrogens is 1. The van der Waals surface area contributed by atoms with Gasteiger partial charge in [-0.25, -0.2) is 0 Å². The Morgan fingerprint density at radius 3 is 3.07 bits per heavy atom. The topological polar surface area (TPSA) is 40.2 Å². The van der Waals surface area contributed by atoms with Gasteiger partial charge in [-0.1, -0.05) is 0 Å². The summed E-state index contributed by atoms with van der Waals surface area (Å²) in [6, 6.07) is 4.57. The van der Waals surface area contributed by atoms with Gasteiger partial charge in [0, 0.05) is 50.3 Å². The predicted octanol–water partition coefficient (Wildman–Crippen LogP) is 0.397. The molecular weight excluding hydrogens is 188 g/mol. The quantitative estimate of drug-likeness (QED) is 0.751. The summed E-state index contributed by atoms with van der Waals surface area (Å²) in [5.74, 6) is 0. The van der Waals surface area contributed by atoms with Gasteiger partial charge in [-0.15, -0.1) is 0 Å². The number of nitrogens with zero attached hydrogens (tertiary/aromatic N) is 2. The summed E-state index contributed by atoms with van der Waals surface area (Å²) in [6.45, 7) is 4.27. The van der Waals surface area contributed by atoms with Crippen molar-refractivity contribution >= 4 is 5.69 Å². The third kappa shape index (κ3) is 2.91. The summed E-state index contributed by atoms with van der Waals surface area (Å²) in [5.41, 5.74) is 1.14. The van der Waals surface area contributed by atoms with Gasteiger partial charge in [0.25, 0.3) is 0 Å². The maximum Gasteiger partial charge on any atom is 0.0390 e. The Labute approximate surface area is 90.7 Å². The highest BCUT2D eigenvalue weighted by Crippen LogP contribution is 2.05. The monoisotopic (exact) mass is 206 g/mol. The molecule has 82 valence electrons. The van der Waals surface area contributed by atoms with Crippen LogP contribution in [0, 0.1) is 0 Å². The molecule has 1 unspecified atom stereocenters. The van der Waals surface area contributed by atoms with Crippen molar-refractivity contribution in [2.45, 2.75) is 6.04 Å². The average Bonchev–Trinajstić information content (AvgIpc) is 2.29. The van der Waals surface area contributed by atoms with E-state index in [-0.39, 0.29) is 0 Å². The van der Waals surface area contributed by atoms with E-state index in [4.69, 9.17) is 0 Å². The van der Waals surface area contributed by atoms with Gasteiger partial charge in [-0.05, 0) is 19.2 Å². The molecule has 0 spiro atoms. The SMILES string of the molecule is CN1CCNCC1CNc1ccncc1. The fraction of sp³-hybridized carbons (Fsp3) is 0.545. The summed E-state index contributed by atoms with van der Waals surface area (Å²) >= 11 is 0. The highest BCUT2D eigenvalue weighted by Gasteiger charge is 2.17. The van der Waals surface area contributed by atoms with Gasteiger partial charge in [-0.2, -0.15) is 0 Å². The standard InChI is InChI=1S/C11H18N4/c1-15-7-6-13-8-11(15)9-14-10-2-4-12-5-3-10/h2-5,11,13H,6-9H2,1H3,(H,12,14). The van der Waals surface area contributed by atoms with E-state index in [9.17, 15) is 0 Å². The zero-order valence-electron chi connectivity index (χ0n) is 9.11. The molecule has 0 aromatic carbocycles. The van der Waals surface area contributed by atoms with Crippen molar-refractivity contribution in [3.8, 4) is 0 Å². The molecule has 0 amide bonds. The molecule has 2 rings (SSSR count). The molecule has 0 aliphatic carbocycles. The first-order valence-corrected chi connectivity index (χ1v) is 5.41. The third-order valence-corrected chi connectivity index (χ3v) is 2.87. The summed E-state index contributed by atoms with van der Waals surface area (Å²) < 4.78 is 0. The van der Waals surface area contributed by atoms with Gasteiger partial charge in [-0.3, -0.25) is 9.88 Å². The van der Waals surface area contributed by atoms with Crippen molar-refractivity contribution < 1.29 is 0 Å². The van der Waals surface area contributed by atoms with Crippen LogP contribution in [0.3, 0.4) is 0 Å². The number of anilines is 1. The number of pyridine rings is 1. The van der Waals surface area contributed by atoms with E-state index in [1.807, 2.05) is 24.5 Å². The molecular formula is C11H18N4. The van der Waals surface area contributed by atoms with E-state index < -0.39 is 0 Å². The molecule has 0 bridgehead atoms. The van der Waals surface area contributed by atoms with Crippen LogP contribution >= 0.6 is 0 Å². The second kappa shape index (κ2) is 5.09. The highest BCUT2D eigenvalue weighted by atomic mass is 15.2. The summed E-state index contributed by atoms with van der Waals surface area (Å²) in [4.78, 5) is 6.39. The molecule has 1 aromatic rings. The summed E-state index contributed by atoms with van der Waals surface area (Å²) in [6.07, 6.45) is 3.62. The molecule has 1 fully saturated rings. The Balaban J connectivity index is 1.82. The molecule has 1 atom stereocenters. The number of hydrogen-bond donors (Lipinski definition) is 2. The first-order valence-electron chi connectivity index (χ1n) is 5.41. The molecule has 0 radical (unpaired) electrons. The smallest absolute Gasteiger partial charge is 0.0390 e. The minimum absolute atomic E-state index is 0.576. The largest absolute Gasteiger partial charge is 0.383 e. The molecule has 4 nitrogen and oxygen atoms in total. The normalized spacial score (nSPS) is 22.6. The fourth-order valence-electron chi connectivity index (χ4n) is 1.80. The highest BCUT2D eigenvalue weighted by molar-refractivity contribution is 5.40. The molecule has 15 heavy (non-hydrogen) atoms. The third-order valence-electron chi connectivity index (χ3n) is 2.87. The first kappa shape index (κ1) is 10.4. The minimum Gasteiger partial charge on any atom is -0.383 e. The second-order valence-electron chi connectivity index (χ2n) is 3.96. The van der Waals surface area contributed by atoms with Gasteiger partial charge >= 0.3 is 0 Å². The summed E-state index contributed by atoms with van der Waals surface area (Å²) in [5, 5.41) is 6.83. The average molecular weight is 206 g/mol. The van der Waals surface area contributed by atoms with Crippen molar-refractivity contribution in [1.29, 1.82) is 0 Å². The molecule has 1 saturated heterocycles. The Hall–Kier alpha value is -1.13. The lowest BCUT2D eigenvalue weighted by molar-refractivity contribution is 0.209. The van der Waals surface area contributed by atoms with E-state index in [1.165, 1.54) is 0 Å². The first-order chi connectivity index (χ1) is 7.36. The van der Waals surface area contributed by atoms with Crippen molar-refractivity contribution in [1.82, 2.24) is 15.2 Å². The van der Waals surface area contributed by atoms with Crippen molar-refractivity contribution in [2.24, 2.45) is 0 Å². The lowest BCUT2D eigenvalue weighted by atomic mass is 10.2. The van der Waals surface area contributed by atoms with Crippen LogP contribution in [0.25, 0.3) is 0 Å².